The summed E-state index contributed by atoms with van der Waals surface area (Å²) < 4.78 is 60.3. The number of halogens is 3. The molecule has 1 heterocycles. The van der Waals surface area contributed by atoms with Gasteiger partial charge in [-0.2, -0.15) is 4.39 Å². The van der Waals surface area contributed by atoms with E-state index in [4.69, 9.17) is 0 Å². The van der Waals surface area contributed by atoms with Gasteiger partial charge < -0.3 is 0 Å². The van der Waals surface area contributed by atoms with Crippen molar-refractivity contribution in [1.29, 1.82) is 0 Å². The zero-order chi connectivity index (χ0) is 11.1. The maximum absolute atomic E-state index is 13.0. The van der Waals surface area contributed by atoms with Crippen LogP contribution < -0.4 is 0 Å². The summed E-state index contributed by atoms with van der Waals surface area (Å²) in [4.78, 5) is 2.83. The second-order valence-corrected chi connectivity index (χ2v) is 4.66. The van der Waals surface area contributed by atoms with Gasteiger partial charge in [-0.15, -0.1) is 0 Å². The zero-order valence-electron chi connectivity index (χ0n) is 7.31. The molecule has 1 rings (SSSR count). The smallest absolute Gasteiger partial charge is 0.220 e. The molecule has 0 aliphatic heterocycles. The number of aromatic nitrogens is 1. The number of nitrogens with zero attached hydrogens (tertiary/aromatic N) is 1. The Morgan fingerprint density at radius 3 is 2.07 bits per heavy atom. The minimum atomic E-state index is -4.06. The molecule has 0 saturated heterocycles. The molecule has 14 heavy (non-hydrogen) atoms. The Hall–Kier alpha value is -1.11. The Kier molecular flexibility index (Phi) is 2.53. The lowest BCUT2D eigenvalue weighted by molar-refractivity contribution is 0.438. The largest absolute Gasteiger partial charge is 0.222 e. The van der Waals surface area contributed by atoms with Gasteiger partial charge >= 0.3 is 0 Å². The fraction of sp³-hybridized carbons (Fsp3) is 0.286. The highest BCUT2D eigenvalue weighted by Gasteiger charge is 2.23. The first-order valence-electron chi connectivity index (χ1n) is 3.46. The molecule has 0 aliphatic rings. The van der Waals surface area contributed by atoms with Crippen molar-refractivity contribution in [2.75, 3.05) is 6.26 Å². The van der Waals surface area contributed by atoms with Crippen LogP contribution in [-0.2, 0) is 9.84 Å². The van der Waals surface area contributed by atoms with E-state index in [2.05, 4.69) is 4.98 Å². The Morgan fingerprint density at radius 2 is 1.64 bits per heavy atom. The number of hydrogen-bond donors (Lipinski definition) is 0. The first-order valence-corrected chi connectivity index (χ1v) is 5.35. The molecule has 0 aliphatic carbocycles. The van der Waals surface area contributed by atoms with E-state index in [9.17, 15) is 21.6 Å². The van der Waals surface area contributed by atoms with E-state index >= 15 is 0 Å². The number of rotatable bonds is 1. The summed E-state index contributed by atoms with van der Waals surface area (Å²) in [6, 6.07) is 0. The van der Waals surface area contributed by atoms with Gasteiger partial charge in [-0.25, -0.2) is 22.2 Å². The molecule has 0 fully saturated rings. The third kappa shape index (κ3) is 1.72. The molecule has 0 radical (unpaired) electrons. The monoisotopic (exact) mass is 225 g/mol. The highest BCUT2D eigenvalue weighted by molar-refractivity contribution is 7.90. The molecule has 0 saturated carbocycles. The third-order valence-electron chi connectivity index (χ3n) is 1.57. The highest BCUT2D eigenvalue weighted by Crippen LogP contribution is 2.19. The van der Waals surface area contributed by atoms with Crippen molar-refractivity contribution in [1.82, 2.24) is 4.98 Å². The standard InChI is InChI=1S/C7H6F3NO2S/c1-3-4(8)5(9)7(11-6(3)10)14(2,12)13/h1-2H3. The van der Waals surface area contributed by atoms with E-state index in [-0.39, 0.29) is 0 Å². The van der Waals surface area contributed by atoms with Gasteiger partial charge in [0.25, 0.3) is 0 Å². The maximum Gasteiger partial charge on any atom is 0.220 e. The van der Waals surface area contributed by atoms with Crippen molar-refractivity contribution in [3.8, 4) is 0 Å². The van der Waals surface area contributed by atoms with Crippen molar-refractivity contribution in [2.45, 2.75) is 11.9 Å². The van der Waals surface area contributed by atoms with Crippen molar-refractivity contribution in [2.24, 2.45) is 0 Å². The van der Waals surface area contributed by atoms with Gasteiger partial charge in [-0.3, -0.25) is 0 Å². The molecule has 0 spiro atoms. The van der Waals surface area contributed by atoms with Crippen molar-refractivity contribution < 1.29 is 21.6 Å². The second kappa shape index (κ2) is 3.23. The average Bonchev–Trinajstić information content (AvgIpc) is 2.06. The summed E-state index contributed by atoms with van der Waals surface area (Å²) in [5.41, 5.74) is -0.644. The molecule has 1 aromatic rings. The fourth-order valence-corrected chi connectivity index (χ4v) is 1.48. The van der Waals surface area contributed by atoms with Gasteiger partial charge in [0.15, 0.2) is 26.5 Å². The summed E-state index contributed by atoms with van der Waals surface area (Å²) in [7, 11) is -4.06. The van der Waals surface area contributed by atoms with Crippen molar-refractivity contribution in [3.05, 3.63) is 23.1 Å². The predicted octanol–water partition coefficient (Wildman–Crippen LogP) is 1.21. The third-order valence-corrected chi connectivity index (χ3v) is 2.54. The van der Waals surface area contributed by atoms with E-state index in [0.29, 0.717) is 6.26 Å². The molecule has 78 valence electrons. The van der Waals surface area contributed by atoms with Crippen LogP contribution in [0, 0.1) is 24.5 Å². The number of pyridine rings is 1. The Labute approximate surface area is 78.5 Å². The minimum absolute atomic E-state index is 0.618. The lowest BCUT2D eigenvalue weighted by atomic mass is 10.3. The molecular weight excluding hydrogens is 219 g/mol. The van der Waals surface area contributed by atoms with E-state index in [0.717, 1.165) is 6.92 Å². The Balaban J connectivity index is 3.66. The van der Waals surface area contributed by atoms with Crippen molar-refractivity contribution >= 4 is 9.84 Å². The van der Waals surface area contributed by atoms with Gasteiger partial charge in [-0.05, 0) is 6.92 Å². The topological polar surface area (TPSA) is 47.0 Å². The van der Waals surface area contributed by atoms with Crippen molar-refractivity contribution in [3.63, 3.8) is 0 Å². The lowest BCUT2D eigenvalue weighted by Crippen LogP contribution is -2.10. The van der Waals surface area contributed by atoms with Gasteiger partial charge in [0.2, 0.25) is 5.95 Å². The van der Waals surface area contributed by atoms with E-state index in [1.165, 1.54) is 0 Å². The van der Waals surface area contributed by atoms with Crippen LogP contribution >= 0.6 is 0 Å². The molecule has 7 heteroatoms. The predicted molar refractivity (Wildman–Crippen MR) is 42.0 cm³/mol. The molecule has 3 nitrogen and oxygen atoms in total. The van der Waals surface area contributed by atoms with Crippen LogP contribution in [0.2, 0.25) is 0 Å². The van der Waals surface area contributed by atoms with Crippen LogP contribution in [0.15, 0.2) is 5.03 Å². The molecular formula is C7H6F3NO2S. The molecule has 0 bridgehead atoms. The van der Waals surface area contributed by atoms with Gasteiger partial charge in [0, 0.05) is 11.8 Å². The van der Waals surface area contributed by atoms with Crippen LogP contribution in [0.4, 0.5) is 13.2 Å². The Morgan fingerprint density at radius 1 is 1.14 bits per heavy atom. The zero-order valence-corrected chi connectivity index (χ0v) is 8.12. The Bertz CT molecular complexity index is 484. The van der Waals surface area contributed by atoms with Crippen LogP contribution in [0.3, 0.4) is 0 Å². The molecule has 0 atom stereocenters. The SMILES string of the molecule is Cc1c(F)nc(S(C)(=O)=O)c(F)c1F. The van der Waals surface area contributed by atoms with E-state index in [1.54, 1.807) is 0 Å². The summed E-state index contributed by atoms with van der Waals surface area (Å²) in [5.74, 6) is -4.51. The fourth-order valence-electron chi connectivity index (χ4n) is 0.817. The number of hydrogen-bond acceptors (Lipinski definition) is 3. The average molecular weight is 225 g/mol. The van der Waals surface area contributed by atoms with Crippen LogP contribution in [0.5, 0.6) is 0 Å². The first kappa shape index (κ1) is 11.0. The van der Waals surface area contributed by atoms with Gasteiger partial charge in [0.1, 0.15) is 0 Å². The molecule has 1 aromatic heterocycles. The highest BCUT2D eigenvalue weighted by atomic mass is 32.2. The van der Waals surface area contributed by atoms with Crippen LogP contribution in [-0.4, -0.2) is 19.7 Å². The molecule has 0 amide bonds. The number of sulfone groups is 1. The van der Waals surface area contributed by atoms with E-state index in [1.807, 2.05) is 0 Å². The maximum atomic E-state index is 13.0. The quantitative estimate of drug-likeness (QED) is 0.675. The second-order valence-electron chi connectivity index (χ2n) is 2.73. The summed E-state index contributed by atoms with van der Waals surface area (Å²) >= 11 is 0. The van der Waals surface area contributed by atoms with Gasteiger partial charge in [-0.1, -0.05) is 0 Å². The summed E-state index contributed by atoms with van der Waals surface area (Å²) in [6.45, 7) is 0.965. The first-order chi connectivity index (χ1) is 6.25. The molecule has 0 aromatic carbocycles. The normalized spacial score (nSPS) is 11.8. The molecule has 0 N–H and O–H groups in total. The van der Waals surface area contributed by atoms with Crippen LogP contribution in [0.25, 0.3) is 0 Å². The van der Waals surface area contributed by atoms with Gasteiger partial charge in [0.05, 0.1) is 0 Å². The summed E-state index contributed by atoms with van der Waals surface area (Å²) in [5, 5.41) is -1.21. The lowest BCUT2D eigenvalue weighted by Gasteiger charge is -2.03. The van der Waals surface area contributed by atoms with Crippen LogP contribution in [0.1, 0.15) is 5.56 Å². The summed E-state index contributed by atoms with van der Waals surface area (Å²) in [6.07, 6.45) is 0.618. The minimum Gasteiger partial charge on any atom is -0.222 e. The molecule has 0 unspecified atom stereocenters. The van der Waals surface area contributed by atoms with E-state index < -0.39 is 38.0 Å².